The summed E-state index contributed by atoms with van der Waals surface area (Å²) < 4.78 is 10.8. The van der Waals surface area contributed by atoms with Crippen LogP contribution in [0, 0.1) is 23.7 Å². The highest BCUT2D eigenvalue weighted by atomic mass is 28.4. The molecule has 0 N–H and O–H groups in total. The maximum Gasteiger partial charge on any atom is 0.452 e. The van der Waals surface area contributed by atoms with Gasteiger partial charge in [0.2, 0.25) is 0 Å². The van der Waals surface area contributed by atoms with Gasteiger partial charge in [-0.25, -0.2) is 9.59 Å². The van der Waals surface area contributed by atoms with Crippen LogP contribution in [-0.2, 0) is 9.16 Å². The van der Waals surface area contributed by atoms with Crippen molar-refractivity contribution in [2.45, 2.75) is 73.5 Å². The van der Waals surface area contributed by atoms with Gasteiger partial charge in [-0.15, -0.1) is 0 Å². The van der Waals surface area contributed by atoms with Gasteiger partial charge in [-0.05, 0) is 41.8 Å². The lowest BCUT2D eigenvalue weighted by Gasteiger charge is -2.34. The number of amides is 2. The Morgan fingerprint density at radius 3 is 1.48 bits per heavy atom. The predicted molar refractivity (Wildman–Crippen MR) is 102 cm³/mol. The van der Waals surface area contributed by atoms with Crippen molar-refractivity contribution in [1.82, 2.24) is 0 Å². The van der Waals surface area contributed by atoms with Crippen molar-refractivity contribution in [3.8, 4) is 0 Å². The highest BCUT2D eigenvalue weighted by molar-refractivity contribution is 6.75. The van der Waals surface area contributed by atoms with E-state index in [1.165, 1.54) is 0 Å². The lowest BCUT2D eigenvalue weighted by molar-refractivity contribution is 0.140. The van der Waals surface area contributed by atoms with Gasteiger partial charge in [0, 0.05) is 0 Å². The summed E-state index contributed by atoms with van der Waals surface area (Å²) >= 11 is 0. The average Bonchev–Trinajstić information content (AvgIpc) is 2.39. The van der Waals surface area contributed by atoms with E-state index in [1.54, 1.807) is 0 Å². The zero-order chi connectivity index (χ0) is 19.6. The van der Waals surface area contributed by atoms with Gasteiger partial charge in [-0.2, -0.15) is 0 Å². The van der Waals surface area contributed by atoms with Gasteiger partial charge < -0.3 is 9.16 Å². The Hall–Kier alpha value is -1.24. The Labute approximate surface area is 153 Å². The number of rotatable bonds is 9. The lowest BCUT2D eigenvalue weighted by Crippen LogP contribution is -2.43. The number of carbonyl (C=O) groups excluding carboxylic acids is 2. The molecular weight excluding hydrogens is 336 g/mol. The maximum absolute atomic E-state index is 12.2. The minimum atomic E-state index is -2.31. The minimum absolute atomic E-state index is 0.203. The molecule has 0 aliphatic heterocycles. The number of hydrogen-bond donors (Lipinski definition) is 0. The number of ether oxygens (including phenoxy) is 1. The largest absolute Gasteiger partial charge is 0.501 e. The SMILES string of the molecule is CC(C)COC(=O)N=NC(=O)O[Si](CC(C)C)(CC(C)C)CC(C)C. The molecule has 0 spiro atoms. The molecule has 0 atom stereocenters. The Morgan fingerprint density at radius 2 is 1.12 bits per heavy atom. The molecule has 0 aromatic rings. The molecule has 0 heterocycles. The van der Waals surface area contributed by atoms with Crippen LogP contribution in [0.1, 0.15) is 55.4 Å². The third kappa shape index (κ3) is 11.9. The molecule has 0 saturated carbocycles. The van der Waals surface area contributed by atoms with Gasteiger partial charge in [0.15, 0.2) is 0 Å². The second kappa shape index (κ2) is 11.4. The first-order valence-corrected chi connectivity index (χ1v) is 11.8. The van der Waals surface area contributed by atoms with Gasteiger partial charge in [0.1, 0.15) is 0 Å². The van der Waals surface area contributed by atoms with Crippen LogP contribution in [0.5, 0.6) is 0 Å². The van der Waals surface area contributed by atoms with Crippen molar-refractivity contribution in [2.24, 2.45) is 33.9 Å². The van der Waals surface area contributed by atoms with Crippen molar-refractivity contribution in [3.63, 3.8) is 0 Å². The van der Waals surface area contributed by atoms with E-state index in [-0.39, 0.29) is 12.5 Å². The maximum atomic E-state index is 12.2. The molecule has 0 aromatic heterocycles. The van der Waals surface area contributed by atoms with E-state index >= 15 is 0 Å². The molecule has 0 radical (unpaired) electrons. The number of hydrogen-bond acceptors (Lipinski definition) is 4. The molecule has 0 rings (SSSR count). The number of nitrogens with zero attached hydrogens (tertiary/aromatic N) is 2. The Morgan fingerprint density at radius 1 is 0.720 bits per heavy atom. The topological polar surface area (TPSA) is 77.3 Å². The fourth-order valence-corrected chi connectivity index (χ4v) is 8.79. The predicted octanol–water partition coefficient (Wildman–Crippen LogP) is 6.28. The summed E-state index contributed by atoms with van der Waals surface area (Å²) in [5.41, 5.74) is 0. The summed E-state index contributed by atoms with van der Waals surface area (Å²) in [5, 5.41) is 6.76. The van der Waals surface area contributed by atoms with Crippen molar-refractivity contribution >= 4 is 20.5 Å². The average molecular weight is 373 g/mol. The van der Waals surface area contributed by atoms with Gasteiger partial charge in [0.05, 0.1) is 6.61 Å². The summed E-state index contributed by atoms with van der Waals surface area (Å²) in [6.07, 6.45) is -1.62. The molecule has 7 heteroatoms. The van der Waals surface area contributed by atoms with Crippen LogP contribution in [0.3, 0.4) is 0 Å². The highest BCUT2D eigenvalue weighted by Gasteiger charge is 2.40. The summed E-state index contributed by atoms with van der Waals surface area (Å²) in [5.74, 6) is 1.51. The molecule has 0 bridgehead atoms. The van der Waals surface area contributed by atoms with E-state index in [9.17, 15) is 9.59 Å². The van der Waals surface area contributed by atoms with E-state index in [1.807, 2.05) is 13.8 Å². The molecule has 146 valence electrons. The Bertz CT molecular complexity index is 422. The van der Waals surface area contributed by atoms with Crippen molar-refractivity contribution < 1.29 is 18.8 Å². The molecule has 6 nitrogen and oxygen atoms in total. The van der Waals surface area contributed by atoms with Gasteiger partial charge in [0.25, 0.3) is 8.32 Å². The third-order valence-electron chi connectivity index (χ3n) is 3.40. The zero-order valence-electron chi connectivity index (χ0n) is 17.2. The zero-order valence-corrected chi connectivity index (χ0v) is 18.2. The number of azo groups is 1. The van der Waals surface area contributed by atoms with E-state index in [0.717, 1.165) is 18.1 Å². The van der Waals surface area contributed by atoms with Crippen LogP contribution in [0.2, 0.25) is 18.1 Å². The third-order valence-corrected chi connectivity index (χ3v) is 8.69. The van der Waals surface area contributed by atoms with Crippen LogP contribution < -0.4 is 0 Å². The molecule has 0 fully saturated rings. The van der Waals surface area contributed by atoms with E-state index in [0.29, 0.717) is 17.8 Å². The summed E-state index contributed by atoms with van der Waals surface area (Å²) in [6.45, 7) is 16.9. The fraction of sp³-hybridized carbons (Fsp3) is 0.889. The minimum Gasteiger partial charge on any atom is -0.501 e. The van der Waals surface area contributed by atoms with Gasteiger partial charge in [-0.1, -0.05) is 65.6 Å². The molecule has 25 heavy (non-hydrogen) atoms. The van der Waals surface area contributed by atoms with Crippen molar-refractivity contribution in [1.29, 1.82) is 0 Å². The highest BCUT2D eigenvalue weighted by Crippen LogP contribution is 2.33. The standard InChI is InChI=1S/C18H36N2O4Si/c1-13(2)9-23-17(21)19-20-18(22)24-25(10-14(3)4,11-15(5)6)12-16(7)8/h13-16H,9-12H2,1-8H3. The van der Waals surface area contributed by atoms with Crippen LogP contribution >= 0.6 is 0 Å². The molecule has 2 amide bonds. The van der Waals surface area contributed by atoms with Crippen LogP contribution in [0.15, 0.2) is 10.2 Å². The monoisotopic (exact) mass is 372 g/mol. The second-order valence-electron chi connectivity index (χ2n) is 8.52. The van der Waals surface area contributed by atoms with Crippen molar-refractivity contribution in [2.75, 3.05) is 6.61 Å². The Kier molecular flexibility index (Phi) is 10.8. The summed E-state index contributed by atoms with van der Waals surface area (Å²) in [4.78, 5) is 23.7. The first-order valence-electron chi connectivity index (χ1n) is 9.27. The van der Waals surface area contributed by atoms with Crippen molar-refractivity contribution in [3.05, 3.63) is 0 Å². The quantitative estimate of drug-likeness (QED) is 0.352. The van der Waals surface area contributed by atoms with Gasteiger partial charge >= 0.3 is 12.2 Å². The first-order chi connectivity index (χ1) is 11.5. The molecule has 0 aliphatic carbocycles. The van der Waals surface area contributed by atoms with Crippen LogP contribution in [0.25, 0.3) is 0 Å². The summed E-state index contributed by atoms with van der Waals surface area (Å²) in [6, 6.07) is 2.67. The Balaban J connectivity index is 5.07. The van der Waals surface area contributed by atoms with E-state index in [4.69, 9.17) is 9.16 Å². The van der Waals surface area contributed by atoms with E-state index < -0.39 is 20.5 Å². The number of carbonyl (C=O) groups is 2. The lowest BCUT2D eigenvalue weighted by atomic mass is 10.2. The molecular formula is C18H36N2O4Si. The first kappa shape index (κ1) is 23.8. The molecule has 0 aromatic carbocycles. The normalized spacial score (nSPS) is 12.6. The van der Waals surface area contributed by atoms with E-state index in [2.05, 4.69) is 51.8 Å². The molecule has 0 unspecified atom stereocenters. The van der Waals surface area contributed by atoms with Gasteiger partial charge in [-0.3, -0.25) is 0 Å². The second-order valence-corrected chi connectivity index (χ2v) is 12.3. The molecule has 0 aliphatic rings. The van der Waals surface area contributed by atoms with Crippen LogP contribution in [0.4, 0.5) is 9.59 Å². The molecule has 0 saturated heterocycles. The fourth-order valence-electron chi connectivity index (χ4n) is 3.16. The van der Waals surface area contributed by atoms with Crippen LogP contribution in [-0.4, -0.2) is 27.1 Å². The summed E-state index contributed by atoms with van der Waals surface area (Å²) in [7, 11) is -2.31. The smallest absolute Gasteiger partial charge is 0.452 e.